The van der Waals surface area contributed by atoms with Gasteiger partial charge < -0.3 is 5.73 Å². The summed E-state index contributed by atoms with van der Waals surface area (Å²) in [5, 5.41) is 0. The van der Waals surface area contributed by atoms with Crippen molar-refractivity contribution >= 4 is 0 Å². The lowest BCUT2D eigenvalue weighted by molar-refractivity contribution is 0.464. The lowest BCUT2D eigenvalue weighted by Crippen LogP contribution is -2.26. The van der Waals surface area contributed by atoms with Gasteiger partial charge in [-0.05, 0) is 43.7 Å². The van der Waals surface area contributed by atoms with E-state index in [9.17, 15) is 0 Å². The van der Waals surface area contributed by atoms with E-state index < -0.39 is 0 Å². The number of hydrogen-bond acceptors (Lipinski definition) is 1. The summed E-state index contributed by atoms with van der Waals surface area (Å²) in [5.74, 6) is 0.579. The van der Waals surface area contributed by atoms with Crippen LogP contribution < -0.4 is 5.73 Å². The van der Waals surface area contributed by atoms with E-state index >= 15 is 0 Å². The highest BCUT2D eigenvalue weighted by molar-refractivity contribution is 5.30. The summed E-state index contributed by atoms with van der Waals surface area (Å²) in [6, 6.07) is 6.99. The van der Waals surface area contributed by atoms with Crippen molar-refractivity contribution < 1.29 is 0 Å². The van der Waals surface area contributed by atoms with Crippen molar-refractivity contribution in [3.05, 3.63) is 34.9 Å². The third-order valence-electron chi connectivity index (χ3n) is 3.10. The van der Waals surface area contributed by atoms with E-state index in [1.54, 1.807) is 0 Å². The highest BCUT2D eigenvalue weighted by Crippen LogP contribution is 2.14. The molecule has 0 aliphatic heterocycles. The van der Waals surface area contributed by atoms with Gasteiger partial charge in [-0.1, -0.05) is 37.6 Å². The van der Waals surface area contributed by atoms with Crippen molar-refractivity contribution in [1.29, 1.82) is 0 Å². The standard InChI is InChI=1S/C14H23N/c1-10(2)14(15)8-7-13-6-5-11(3)9-12(13)4/h5-6,9-10,14H,7-8,15H2,1-4H3. The molecule has 1 aromatic rings. The molecule has 0 saturated heterocycles. The fraction of sp³-hybridized carbons (Fsp3) is 0.571. The van der Waals surface area contributed by atoms with Crippen LogP contribution in [0.1, 0.15) is 37.0 Å². The number of hydrogen-bond donors (Lipinski definition) is 1. The molecule has 0 radical (unpaired) electrons. The van der Waals surface area contributed by atoms with Gasteiger partial charge in [0.1, 0.15) is 0 Å². The summed E-state index contributed by atoms with van der Waals surface area (Å²) in [6.07, 6.45) is 2.19. The Morgan fingerprint density at radius 2 is 1.87 bits per heavy atom. The van der Waals surface area contributed by atoms with E-state index in [4.69, 9.17) is 5.73 Å². The molecule has 0 spiro atoms. The second kappa shape index (κ2) is 5.32. The first-order valence-corrected chi connectivity index (χ1v) is 5.82. The molecule has 0 fully saturated rings. The number of benzene rings is 1. The minimum absolute atomic E-state index is 0.325. The highest BCUT2D eigenvalue weighted by Gasteiger charge is 2.08. The van der Waals surface area contributed by atoms with Crippen LogP contribution in [-0.2, 0) is 6.42 Å². The third kappa shape index (κ3) is 3.67. The van der Waals surface area contributed by atoms with Crippen LogP contribution in [-0.4, -0.2) is 6.04 Å². The van der Waals surface area contributed by atoms with Gasteiger partial charge in [0, 0.05) is 6.04 Å². The van der Waals surface area contributed by atoms with Crippen LogP contribution in [0.25, 0.3) is 0 Å². The molecule has 84 valence electrons. The van der Waals surface area contributed by atoms with Gasteiger partial charge in [0.05, 0.1) is 0 Å². The van der Waals surface area contributed by atoms with E-state index in [2.05, 4.69) is 45.9 Å². The zero-order chi connectivity index (χ0) is 11.4. The number of rotatable bonds is 4. The molecule has 1 nitrogen and oxygen atoms in total. The molecule has 1 heteroatoms. The van der Waals surface area contributed by atoms with Crippen molar-refractivity contribution in [3.8, 4) is 0 Å². The van der Waals surface area contributed by atoms with E-state index in [1.807, 2.05) is 0 Å². The van der Waals surface area contributed by atoms with Crippen LogP contribution in [0.15, 0.2) is 18.2 Å². The fourth-order valence-electron chi connectivity index (χ4n) is 1.78. The van der Waals surface area contributed by atoms with E-state index in [0.717, 1.165) is 12.8 Å². The van der Waals surface area contributed by atoms with Crippen LogP contribution in [0.2, 0.25) is 0 Å². The Labute approximate surface area is 93.7 Å². The Morgan fingerprint density at radius 3 is 2.40 bits per heavy atom. The first kappa shape index (κ1) is 12.3. The van der Waals surface area contributed by atoms with Crippen LogP contribution in [0, 0.1) is 19.8 Å². The Kier molecular flexibility index (Phi) is 4.34. The smallest absolute Gasteiger partial charge is 0.00650 e. The maximum Gasteiger partial charge on any atom is 0.00650 e. The van der Waals surface area contributed by atoms with Crippen molar-refractivity contribution in [3.63, 3.8) is 0 Å². The number of nitrogens with two attached hydrogens (primary N) is 1. The lowest BCUT2D eigenvalue weighted by atomic mass is 9.95. The molecule has 1 aromatic carbocycles. The van der Waals surface area contributed by atoms with Gasteiger partial charge in [-0.25, -0.2) is 0 Å². The van der Waals surface area contributed by atoms with Crippen molar-refractivity contribution in [2.75, 3.05) is 0 Å². The zero-order valence-corrected chi connectivity index (χ0v) is 10.4. The van der Waals surface area contributed by atoms with Gasteiger partial charge in [-0.15, -0.1) is 0 Å². The summed E-state index contributed by atoms with van der Waals surface area (Å²) in [7, 11) is 0. The molecule has 0 heterocycles. The van der Waals surface area contributed by atoms with Crippen LogP contribution in [0.5, 0.6) is 0 Å². The molecular formula is C14H23N. The first-order valence-electron chi connectivity index (χ1n) is 5.82. The van der Waals surface area contributed by atoms with Gasteiger partial charge in [-0.3, -0.25) is 0 Å². The largest absolute Gasteiger partial charge is 0.327 e. The fourth-order valence-corrected chi connectivity index (χ4v) is 1.78. The minimum Gasteiger partial charge on any atom is -0.327 e. The van der Waals surface area contributed by atoms with Crippen LogP contribution >= 0.6 is 0 Å². The quantitative estimate of drug-likeness (QED) is 0.802. The minimum atomic E-state index is 0.325. The highest BCUT2D eigenvalue weighted by atomic mass is 14.6. The van der Waals surface area contributed by atoms with Gasteiger partial charge in [0.25, 0.3) is 0 Å². The van der Waals surface area contributed by atoms with E-state index in [1.165, 1.54) is 16.7 Å². The molecule has 0 aliphatic rings. The third-order valence-corrected chi connectivity index (χ3v) is 3.10. The molecule has 1 rings (SSSR count). The van der Waals surface area contributed by atoms with Crippen LogP contribution in [0.3, 0.4) is 0 Å². The van der Waals surface area contributed by atoms with Gasteiger partial charge >= 0.3 is 0 Å². The Morgan fingerprint density at radius 1 is 1.20 bits per heavy atom. The summed E-state index contributed by atoms with van der Waals surface area (Å²) in [5.41, 5.74) is 10.2. The Bertz CT molecular complexity index is 315. The number of aryl methyl sites for hydroxylation is 3. The summed E-state index contributed by atoms with van der Waals surface area (Å²) < 4.78 is 0. The van der Waals surface area contributed by atoms with E-state index in [0.29, 0.717) is 12.0 Å². The first-order chi connectivity index (χ1) is 7.00. The Hall–Kier alpha value is -0.820. The molecule has 0 bridgehead atoms. The molecule has 0 saturated carbocycles. The molecule has 1 atom stereocenters. The molecule has 0 aromatic heterocycles. The maximum atomic E-state index is 6.04. The molecule has 0 amide bonds. The zero-order valence-electron chi connectivity index (χ0n) is 10.4. The van der Waals surface area contributed by atoms with Crippen molar-refractivity contribution in [1.82, 2.24) is 0 Å². The monoisotopic (exact) mass is 205 g/mol. The van der Waals surface area contributed by atoms with Gasteiger partial charge in [-0.2, -0.15) is 0 Å². The van der Waals surface area contributed by atoms with E-state index in [-0.39, 0.29) is 0 Å². The molecule has 2 N–H and O–H groups in total. The van der Waals surface area contributed by atoms with Gasteiger partial charge in [0.2, 0.25) is 0 Å². The summed E-state index contributed by atoms with van der Waals surface area (Å²) >= 11 is 0. The molecule has 1 unspecified atom stereocenters. The second-order valence-electron chi connectivity index (χ2n) is 4.88. The maximum absolute atomic E-state index is 6.04. The lowest BCUT2D eigenvalue weighted by Gasteiger charge is -2.16. The molecular weight excluding hydrogens is 182 g/mol. The summed E-state index contributed by atoms with van der Waals surface area (Å²) in [4.78, 5) is 0. The molecule has 0 aliphatic carbocycles. The topological polar surface area (TPSA) is 26.0 Å². The van der Waals surface area contributed by atoms with Gasteiger partial charge in [0.15, 0.2) is 0 Å². The average molecular weight is 205 g/mol. The second-order valence-corrected chi connectivity index (χ2v) is 4.88. The molecule has 15 heavy (non-hydrogen) atoms. The predicted molar refractivity (Wildman–Crippen MR) is 67.1 cm³/mol. The van der Waals surface area contributed by atoms with Crippen molar-refractivity contribution in [2.24, 2.45) is 11.7 Å². The predicted octanol–water partition coefficient (Wildman–Crippen LogP) is 3.22. The Balaban J connectivity index is 2.58. The normalized spacial score (nSPS) is 13.2. The SMILES string of the molecule is Cc1ccc(CCC(N)C(C)C)c(C)c1. The van der Waals surface area contributed by atoms with Crippen LogP contribution in [0.4, 0.5) is 0 Å². The average Bonchev–Trinajstić information content (AvgIpc) is 2.15. The summed E-state index contributed by atoms with van der Waals surface area (Å²) in [6.45, 7) is 8.69. The van der Waals surface area contributed by atoms with Crippen molar-refractivity contribution in [2.45, 2.75) is 46.6 Å².